The minimum Gasteiger partial charge on any atom is -0.480 e. The van der Waals surface area contributed by atoms with E-state index in [1.807, 2.05) is 13.0 Å². The van der Waals surface area contributed by atoms with Crippen molar-refractivity contribution in [2.75, 3.05) is 0 Å². The summed E-state index contributed by atoms with van der Waals surface area (Å²) in [5.41, 5.74) is 2.21. The number of hydrogen-bond donors (Lipinski definition) is 2. The monoisotopic (exact) mass is 371 g/mol. The molecule has 3 rings (SSSR count). The normalized spacial score (nSPS) is 12.5. The van der Waals surface area contributed by atoms with Gasteiger partial charge in [0.25, 0.3) is 11.6 Å². The van der Waals surface area contributed by atoms with Crippen LogP contribution in [0, 0.1) is 26.7 Å². The van der Waals surface area contributed by atoms with Crippen molar-refractivity contribution >= 4 is 23.0 Å². The Labute approximate surface area is 155 Å². The van der Waals surface area contributed by atoms with Crippen LogP contribution >= 0.6 is 0 Å². The fourth-order valence-corrected chi connectivity index (χ4v) is 3.03. The molecule has 0 aliphatic carbocycles. The number of fused-ring (bicyclic) bond motifs is 1. The zero-order valence-electron chi connectivity index (χ0n) is 15.8. The van der Waals surface area contributed by atoms with Gasteiger partial charge in [0, 0.05) is 5.56 Å². The lowest BCUT2D eigenvalue weighted by Crippen LogP contribution is -2.44. The zero-order chi connectivity index (χ0) is 19.9. The molecule has 3 heterocycles. The first-order valence-corrected chi connectivity index (χ1v) is 8.57. The van der Waals surface area contributed by atoms with Crippen molar-refractivity contribution in [3.8, 4) is 11.3 Å². The van der Waals surface area contributed by atoms with Crippen molar-refractivity contribution < 1.29 is 23.6 Å². The molecule has 3 aromatic rings. The number of nitrogens with zero attached hydrogens (tertiary/aromatic N) is 2. The molecule has 1 amide bonds. The Kier molecular flexibility index (Phi) is 4.73. The van der Waals surface area contributed by atoms with Gasteiger partial charge in [-0.05, 0) is 38.8 Å². The van der Waals surface area contributed by atoms with Crippen LogP contribution in [0.1, 0.15) is 41.4 Å². The predicted molar refractivity (Wildman–Crippen MR) is 97.4 cm³/mol. The van der Waals surface area contributed by atoms with Gasteiger partial charge < -0.3 is 19.4 Å². The van der Waals surface area contributed by atoms with Crippen LogP contribution in [0.5, 0.6) is 0 Å². The lowest BCUT2D eigenvalue weighted by atomic mass is 10.0. The van der Waals surface area contributed by atoms with E-state index in [-0.39, 0.29) is 17.2 Å². The number of carbonyl (C=O) groups excluding carboxylic acids is 1. The molecule has 0 radical (unpaired) electrons. The maximum absolute atomic E-state index is 12.9. The van der Waals surface area contributed by atoms with E-state index in [9.17, 15) is 14.7 Å². The van der Waals surface area contributed by atoms with Crippen LogP contribution in [0.4, 0.5) is 0 Å². The van der Waals surface area contributed by atoms with Gasteiger partial charge in [0.2, 0.25) is 0 Å². The lowest BCUT2D eigenvalue weighted by molar-refractivity contribution is -0.140. The second-order valence-corrected chi connectivity index (χ2v) is 6.86. The van der Waals surface area contributed by atoms with E-state index in [1.54, 1.807) is 33.8 Å². The summed E-state index contributed by atoms with van der Waals surface area (Å²) in [5, 5.41) is 16.3. The Morgan fingerprint density at radius 2 is 1.89 bits per heavy atom. The minimum atomic E-state index is -1.09. The highest BCUT2D eigenvalue weighted by molar-refractivity contribution is 6.08. The first-order valence-electron chi connectivity index (χ1n) is 8.57. The van der Waals surface area contributed by atoms with E-state index in [4.69, 9.17) is 8.94 Å². The number of hydrogen-bond acceptors (Lipinski definition) is 6. The van der Waals surface area contributed by atoms with Crippen LogP contribution in [0.15, 0.2) is 21.1 Å². The van der Waals surface area contributed by atoms with Crippen molar-refractivity contribution in [2.24, 2.45) is 5.92 Å². The molecule has 0 aliphatic heterocycles. The van der Waals surface area contributed by atoms with E-state index in [2.05, 4.69) is 15.5 Å². The molecule has 0 bridgehead atoms. The number of rotatable bonds is 5. The summed E-state index contributed by atoms with van der Waals surface area (Å²) in [6.45, 7) is 8.79. The van der Waals surface area contributed by atoms with Gasteiger partial charge in [0.15, 0.2) is 0 Å². The number of carboxylic acid groups (broad SMARTS) is 1. The average Bonchev–Trinajstić information content (AvgIpc) is 3.13. The topological polar surface area (TPSA) is 118 Å². The molecule has 1 atom stereocenters. The molecule has 8 heteroatoms. The Bertz CT molecular complexity index is 1030. The van der Waals surface area contributed by atoms with Gasteiger partial charge in [-0.1, -0.05) is 19.0 Å². The van der Waals surface area contributed by atoms with Gasteiger partial charge in [-0.3, -0.25) is 4.79 Å². The molecule has 0 saturated heterocycles. The second kappa shape index (κ2) is 6.86. The lowest BCUT2D eigenvalue weighted by Gasteiger charge is -2.18. The molecule has 0 spiro atoms. The number of amides is 1. The number of carbonyl (C=O) groups is 2. The second-order valence-electron chi connectivity index (χ2n) is 6.86. The summed E-state index contributed by atoms with van der Waals surface area (Å²) in [7, 11) is 0. The summed E-state index contributed by atoms with van der Waals surface area (Å²) in [6, 6.07) is 2.42. The number of aryl methyl sites for hydroxylation is 3. The Balaban J connectivity index is 2.13. The number of carboxylic acids is 1. The Hall–Kier alpha value is -3.16. The van der Waals surface area contributed by atoms with E-state index >= 15 is 0 Å². The van der Waals surface area contributed by atoms with E-state index in [0.717, 1.165) is 11.3 Å². The average molecular weight is 371 g/mol. The standard InChI is InChI=1S/C19H21N3O5/c1-8(2)16(19(24)25)21-17(23)13-7-14(12-6-9(3)26-11(12)5)20-18-15(13)10(4)22-27-18/h6-8,16H,1-5H3,(H,21,23)(H,24,25). The van der Waals surface area contributed by atoms with Gasteiger partial charge in [0.05, 0.1) is 22.3 Å². The fourth-order valence-electron chi connectivity index (χ4n) is 3.03. The Morgan fingerprint density at radius 3 is 2.44 bits per heavy atom. The fraction of sp³-hybridized carbons (Fsp3) is 0.368. The van der Waals surface area contributed by atoms with Crippen molar-refractivity contribution in [2.45, 2.75) is 40.7 Å². The smallest absolute Gasteiger partial charge is 0.326 e. The largest absolute Gasteiger partial charge is 0.480 e. The van der Waals surface area contributed by atoms with Gasteiger partial charge in [-0.15, -0.1) is 0 Å². The predicted octanol–water partition coefficient (Wildman–Crippen LogP) is 3.25. The highest BCUT2D eigenvalue weighted by Crippen LogP contribution is 2.30. The molecule has 0 fully saturated rings. The van der Waals surface area contributed by atoms with Crippen LogP contribution in [-0.4, -0.2) is 33.2 Å². The third-order valence-corrected chi connectivity index (χ3v) is 4.40. The maximum Gasteiger partial charge on any atom is 0.326 e. The SMILES string of the molecule is Cc1cc(-c2cc(C(=O)NC(C(=O)O)C(C)C)c3c(C)noc3n2)c(C)o1. The van der Waals surface area contributed by atoms with Gasteiger partial charge in [-0.25, -0.2) is 9.78 Å². The summed E-state index contributed by atoms with van der Waals surface area (Å²) in [5.74, 6) is -0.505. The highest BCUT2D eigenvalue weighted by Gasteiger charge is 2.27. The minimum absolute atomic E-state index is 0.213. The summed E-state index contributed by atoms with van der Waals surface area (Å²) in [6.07, 6.45) is 0. The molecule has 27 heavy (non-hydrogen) atoms. The van der Waals surface area contributed by atoms with Crippen molar-refractivity contribution in [3.63, 3.8) is 0 Å². The molecular weight excluding hydrogens is 350 g/mol. The first kappa shape index (κ1) is 18.6. The molecule has 1 unspecified atom stereocenters. The number of aromatic nitrogens is 2. The summed E-state index contributed by atoms with van der Waals surface area (Å²) < 4.78 is 10.8. The molecule has 0 saturated carbocycles. The molecule has 2 N–H and O–H groups in total. The quantitative estimate of drug-likeness (QED) is 0.706. The highest BCUT2D eigenvalue weighted by atomic mass is 16.5. The van der Waals surface area contributed by atoms with E-state index in [1.165, 1.54) is 0 Å². The van der Waals surface area contributed by atoms with Gasteiger partial charge in [-0.2, -0.15) is 0 Å². The zero-order valence-corrected chi connectivity index (χ0v) is 15.8. The number of nitrogens with one attached hydrogen (secondary N) is 1. The van der Waals surface area contributed by atoms with Crippen molar-refractivity contribution in [1.29, 1.82) is 0 Å². The maximum atomic E-state index is 12.9. The van der Waals surface area contributed by atoms with E-state index in [0.29, 0.717) is 22.5 Å². The molecule has 0 aromatic carbocycles. The third-order valence-electron chi connectivity index (χ3n) is 4.40. The van der Waals surface area contributed by atoms with Crippen LogP contribution in [0.2, 0.25) is 0 Å². The summed E-state index contributed by atoms with van der Waals surface area (Å²) in [4.78, 5) is 28.8. The van der Waals surface area contributed by atoms with Crippen LogP contribution < -0.4 is 5.32 Å². The number of pyridine rings is 1. The van der Waals surface area contributed by atoms with E-state index < -0.39 is 17.9 Å². The Morgan fingerprint density at radius 1 is 1.19 bits per heavy atom. The van der Waals surface area contributed by atoms with Crippen molar-refractivity contribution in [3.05, 3.63) is 34.9 Å². The van der Waals surface area contributed by atoms with Gasteiger partial charge >= 0.3 is 5.97 Å². The van der Waals surface area contributed by atoms with Crippen LogP contribution in [-0.2, 0) is 4.79 Å². The van der Waals surface area contributed by atoms with Crippen molar-refractivity contribution in [1.82, 2.24) is 15.5 Å². The first-order chi connectivity index (χ1) is 12.7. The third kappa shape index (κ3) is 3.42. The van der Waals surface area contributed by atoms with Gasteiger partial charge in [0.1, 0.15) is 17.6 Å². The molecule has 0 aliphatic rings. The number of furan rings is 1. The van der Waals surface area contributed by atoms with Crippen LogP contribution in [0.25, 0.3) is 22.4 Å². The molecule has 3 aromatic heterocycles. The summed E-state index contributed by atoms with van der Waals surface area (Å²) >= 11 is 0. The molecular formula is C19H21N3O5. The molecule has 142 valence electrons. The number of aliphatic carboxylic acids is 1. The van der Waals surface area contributed by atoms with Crippen LogP contribution in [0.3, 0.4) is 0 Å². The molecule has 8 nitrogen and oxygen atoms in total.